The minimum Gasteiger partial charge on any atom is -0.493 e. The Labute approximate surface area is 111 Å². The molecule has 1 rings (SSSR count). The Morgan fingerprint density at radius 1 is 1.18 bits per heavy atom. The van der Waals surface area contributed by atoms with Gasteiger partial charge in [-0.25, -0.2) is 0 Å². The standard InChI is InChI=1S/C13H20BrNO2/c1-9-11(14)8-10(6-4-5-7-15)13(17-3)12(9)16-2/h8H,4-7,15H2,1-3H3. The van der Waals surface area contributed by atoms with E-state index in [1.165, 1.54) is 0 Å². The first-order chi connectivity index (χ1) is 8.15. The first-order valence-corrected chi connectivity index (χ1v) is 6.55. The van der Waals surface area contributed by atoms with Crippen molar-refractivity contribution in [2.24, 2.45) is 5.73 Å². The van der Waals surface area contributed by atoms with Crippen molar-refractivity contribution in [1.82, 2.24) is 0 Å². The Kier molecular flexibility index (Phi) is 5.78. The fourth-order valence-corrected chi connectivity index (χ4v) is 2.32. The van der Waals surface area contributed by atoms with E-state index in [1.807, 2.05) is 6.92 Å². The van der Waals surface area contributed by atoms with Gasteiger partial charge in [-0.2, -0.15) is 0 Å². The van der Waals surface area contributed by atoms with E-state index in [0.717, 1.165) is 52.9 Å². The van der Waals surface area contributed by atoms with E-state index in [-0.39, 0.29) is 0 Å². The molecule has 0 unspecified atom stereocenters. The van der Waals surface area contributed by atoms with Crippen LogP contribution in [-0.4, -0.2) is 20.8 Å². The summed E-state index contributed by atoms with van der Waals surface area (Å²) >= 11 is 3.55. The molecule has 0 spiro atoms. The van der Waals surface area contributed by atoms with Crippen molar-refractivity contribution in [3.8, 4) is 11.5 Å². The maximum absolute atomic E-state index is 5.51. The van der Waals surface area contributed by atoms with Gasteiger partial charge in [-0.1, -0.05) is 15.9 Å². The third-order valence-corrected chi connectivity index (χ3v) is 3.63. The smallest absolute Gasteiger partial charge is 0.165 e. The topological polar surface area (TPSA) is 44.5 Å². The summed E-state index contributed by atoms with van der Waals surface area (Å²) in [5.41, 5.74) is 7.73. The van der Waals surface area contributed by atoms with Crippen molar-refractivity contribution < 1.29 is 9.47 Å². The predicted molar refractivity (Wildman–Crippen MR) is 74.0 cm³/mol. The van der Waals surface area contributed by atoms with E-state index < -0.39 is 0 Å². The molecule has 0 aliphatic heterocycles. The van der Waals surface area contributed by atoms with Gasteiger partial charge in [0.05, 0.1) is 14.2 Å². The van der Waals surface area contributed by atoms with Crippen LogP contribution in [0.5, 0.6) is 11.5 Å². The first-order valence-electron chi connectivity index (χ1n) is 5.75. The molecule has 0 heterocycles. The van der Waals surface area contributed by atoms with Gasteiger partial charge < -0.3 is 15.2 Å². The minimum atomic E-state index is 0.729. The number of unbranched alkanes of at least 4 members (excludes halogenated alkanes) is 1. The molecule has 0 atom stereocenters. The molecule has 3 nitrogen and oxygen atoms in total. The lowest BCUT2D eigenvalue weighted by atomic mass is 10.0. The highest BCUT2D eigenvalue weighted by Crippen LogP contribution is 2.39. The number of nitrogens with two attached hydrogens (primary N) is 1. The predicted octanol–water partition coefficient (Wildman–Crippen LogP) is 3.06. The van der Waals surface area contributed by atoms with Crippen molar-refractivity contribution in [3.63, 3.8) is 0 Å². The third-order valence-electron chi connectivity index (χ3n) is 2.81. The first kappa shape index (κ1) is 14.3. The van der Waals surface area contributed by atoms with Crippen LogP contribution in [0.3, 0.4) is 0 Å². The SMILES string of the molecule is COc1c(CCCCN)cc(Br)c(C)c1OC. The van der Waals surface area contributed by atoms with Crippen LogP contribution in [0.15, 0.2) is 10.5 Å². The number of methoxy groups -OCH3 is 2. The number of hydrogen-bond acceptors (Lipinski definition) is 3. The maximum atomic E-state index is 5.51. The molecule has 0 fully saturated rings. The molecule has 0 bridgehead atoms. The van der Waals surface area contributed by atoms with E-state index >= 15 is 0 Å². The highest BCUT2D eigenvalue weighted by atomic mass is 79.9. The van der Waals surface area contributed by atoms with Crippen molar-refractivity contribution in [1.29, 1.82) is 0 Å². The van der Waals surface area contributed by atoms with Crippen LogP contribution >= 0.6 is 15.9 Å². The largest absolute Gasteiger partial charge is 0.493 e. The Morgan fingerprint density at radius 2 is 1.82 bits per heavy atom. The zero-order chi connectivity index (χ0) is 12.8. The van der Waals surface area contributed by atoms with Crippen LogP contribution in [0, 0.1) is 6.92 Å². The Hall–Kier alpha value is -0.740. The molecule has 0 aliphatic carbocycles. The number of rotatable bonds is 6. The lowest BCUT2D eigenvalue weighted by Crippen LogP contribution is -2.02. The molecule has 0 aromatic heterocycles. The number of ether oxygens (including phenoxy) is 2. The van der Waals surface area contributed by atoms with Gasteiger partial charge >= 0.3 is 0 Å². The fourth-order valence-electron chi connectivity index (χ4n) is 1.87. The van der Waals surface area contributed by atoms with E-state index in [1.54, 1.807) is 14.2 Å². The van der Waals surface area contributed by atoms with Crippen LogP contribution in [0.1, 0.15) is 24.0 Å². The van der Waals surface area contributed by atoms with E-state index in [4.69, 9.17) is 15.2 Å². The average molecular weight is 302 g/mol. The Morgan fingerprint density at radius 3 is 2.35 bits per heavy atom. The van der Waals surface area contributed by atoms with Crippen molar-refractivity contribution in [3.05, 3.63) is 21.7 Å². The number of hydrogen-bond donors (Lipinski definition) is 1. The summed E-state index contributed by atoms with van der Waals surface area (Å²) in [7, 11) is 3.35. The van der Waals surface area contributed by atoms with Crippen LogP contribution in [0.2, 0.25) is 0 Å². The highest BCUT2D eigenvalue weighted by Gasteiger charge is 2.15. The van der Waals surface area contributed by atoms with Crippen molar-refractivity contribution in [2.75, 3.05) is 20.8 Å². The number of aryl methyl sites for hydroxylation is 1. The molecule has 0 amide bonds. The second-order valence-corrected chi connectivity index (χ2v) is 4.81. The van der Waals surface area contributed by atoms with Crippen LogP contribution in [-0.2, 0) is 6.42 Å². The second kappa shape index (κ2) is 6.87. The normalized spacial score (nSPS) is 10.4. The molecule has 0 saturated heterocycles. The third kappa shape index (κ3) is 3.36. The molecular formula is C13H20BrNO2. The van der Waals surface area contributed by atoms with Crippen LogP contribution < -0.4 is 15.2 Å². The molecule has 1 aromatic carbocycles. The minimum absolute atomic E-state index is 0.729. The summed E-state index contributed by atoms with van der Waals surface area (Å²) in [4.78, 5) is 0. The summed E-state index contributed by atoms with van der Waals surface area (Å²) in [5, 5.41) is 0. The zero-order valence-electron chi connectivity index (χ0n) is 10.7. The molecule has 4 heteroatoms. The number of benzene rings is 1. The molecule has 17 heavy (non-hydrogen) atoms. The van der Waals surface area contributed by atoms with Gasteiger partial charge in [0.15, 0.2) is 11.5 Å². The van der Waals surface area contributed by atoms with Gasteiger partial charge in [-0.05, 0) is 44.4 Å². The van der Waals surface area contributed by atoms with Gasteiger partial charge in [0, 0.05) is 10.0 Å². The molecule has 0 saturated carbocycles. The van der Waals surface area contributed by atoms with Crippen molar-refractivity contribution in [2.45, 2.75) is 26.2 Å². The molecule has 2 N–H and O–H groups in total. The average Bonchev–Trinajstić information content (AvgIpc) is 2.33. The lowest BCUT2D eigenvalue weighted by molar-refractivity contribution is 0.349. The lowest BCUT2D eigenvalue weighted by Gasteiger charge is -2.16. The molecular weight excluding hydrogens is 282 g/mol. The summed E-state index contributed by atoms with van der Waals surface area (Å²) in [6.45, 7) is 2.74. The Bertz CT molecular complexity index is 380. The molecule has 0 aliphatic rings. The molecule has 0 radical (unpaired) electrons. The second-order valence-electron chi connectivity index (χ2n) is 3.95. The van der Waals surface area contributed by atoms with Gasteiger partial charge in [-0.3, -0.25) is 0 Å². The van der Waals surface area contributed by atoms with Gasteiger partial charge in [0.25, 0.3) is 0 Å². The number of halogens is 1. The van der Waals surface area contributed by atoms with Gasteiger partial charge in [-0.15, -0.1) is 0 Å². The van der Waals surface area contributed by atoms with Crippen molar-refractivity contribution >= 4 is 15.9 Å². The van der Waals surface area contributed by atoms with Crippen LogP contribution in [0.25, 0.3) is 0 Å². The van der Waals surface area contributed by atoms with Gasteiger partial charge in [0.1, 0.15) is 0 Å². The highest BCUT2D eigenvalue weighted by molar-refractivity contribution is 9.10. The monoisotopic (exact) mass is 301 g/mol. The quantitative estimate of drug-likeness (QED) is 0.821. The maximum Gasteiger partial charge on any atom is 0.165 e. The summed E-state index contributed by atoms with van der Waals surface area (Å²) in [6, 6.07) is 2.10. The van der Waals surface area contributed by atoms with Gasteiger partial charge in [0.2, 0.25) is 0 Å². The fraction of sp³-hybridized carbons (Fsp3) is 0.538. The summed E-state index contributed by atoms with van der Waals surface area (Å²) in [6.07, 6.45) is 3.04. The molecule has 96 valence electrons. The van der Waals surface area contributed by atoms with E-state index in [9.17, 15) is 0 Å². The zero-order valence-corrected chi connectivity index (χ0v) is 12.3. The van der Waals surface area contributed by atoms with E-state index in [0.29, 0.717) is 0 Å². The van der Waals surface area contributed by atoms with E-state index in [2.05, 4.69) is 22.0 Å². The van der Waals surface area contributed by atoms with Crippen LogP contribution in [0.4, 0.5) is 0 Å². The molecule has 1 aromatic rings. The Balaban J connectivity index is 3.06. The summed E-state index contributed by atoms with van der Waals surface area (Å²) < 4.78 is 11.9. The summed E-state index contributed by atoms with van der Waals surface area (Å²) in [5.74, 6) is 1.65.